The van der Waals surface area contributed by atoms with Crippen LogP contribution in [-0.4, -0.2) is 11.6 Å². The fourth-order valence-corrected chi connectivity index (χ4v) is 2.01. The van der Waals surface area contributed by atoms with E-state index in [0.717, 1.165) is 11.1 Å². The molecule has 0 N–H and O–H groups in total. The third-order valence-corrected chi connectivity index (χ3v) is 2.55. The Bertz CT molecular complexity index is 304. The van der Waals surface area contributed by atoms with Crippen LogP contribution in [0, 0.1) is 11.8 Å². The Morgan fingerprint density at radius 3 is 1.75 bits per heavy atom. The van der Waals surface area contributed by atoms with Gasteiger partial charge in [0.2, 0.25) is 11.6 Å². The molecule has 12 heavy (non-hydrogen) atoms. The zero-order valence-electron chi connectivity index (χ0n) is 7.13. The SMILES string of the molecule is CC(C)=C1[C@H]2C=C[C@H]1C(=O)C2=O. The molecule has 0 unspecified atom stereocenters. The first-order chi connectivity index (χ1) is 5.63. The van der Waals surface area contributed by atoms with Gasteiger partial charge < -0.3 is 0 Å². The Hall–Kier alpha value is -1.18. The Labute approximate surface area is 71.0 Å². The first kappa shape index (κ1) is 7.47. The molecule has 2 aliphatic carbocycles. The molecule has 0 amide bonds. The van der Waals surface area contributed by atoms with E-state index in [9.17, 15) is 9.59 Å². The number of hydrogen-bond acceptors (Lipinski definition) is 2. The van der Waals surface area contributed by atoms with E-state index in [1.54, 1.807) is 0 Å². The fourth-order valence-electron chi connectivity index (χ4n) is 2.01. The molecule has 1 fully saturated rings. The van der Waals surface area contributed by atoms with Crippen molar-refractivity contribution in [1.29, 1.82) is 0 Å². The average Bonchev–Trinajstić information content (AvgIpc) is 2.51. The number of carbonyl (C=O) groups is 2. The van der Waals surface area contributed by atoms with Crippen LogP contribution in [0.4, 0.5) is 0 Å². The monoisotopic (exact) mass is 162 g/mol. The highest BCUT2D eigenvalue weighted by molar-refractivity contribution is 6.44. The maximum absolute atomic E-state index is 11.2. The topological polar surface area (TPSA) is 34.1 Å². The molecule has 0 aliphatic heterocycles. The van der Waals surface area contributed by atoms with Gasteiger partial charge in [0.1, 0.15) is 0 Å². The van der Waals surface area contributed by atoms with Crippen molar-refractivity contribution in [3.05, 3.63) is 23.3 Å². The van der Waals surface area contributed by atoms with Crippen LogP contribution >= 0.6 is 0 Å². The molecule has 0 aromatic rings. The molecule has 0 saturated heterocycles. The largest absolute Gasteiger partial charge is 0.290 e. The van der Waals surface area contributed by atoms with Crippen LogP contribution in [0.1, 0.15) is 13.8 Å². The van der Waals surface area contributed by atoms with E-state index in [1.165, 1.54) is 0 Å². The zero-order valence-corrected chi connectivity index (χ0v) is 7.13. The van der Waals surface area contributed by atoms with Crippen molar-refractivity contribution in [2.75, 3.05) is 0 Å². The Balaban J connectivity index is 2.57. The molecule has 2 aliphatic rings. The van der Waals surface area contributed by atoms with E-state index >= 15 is 0 Å². The number of allylic oxidation sites excluding steroid dienone is 4. The minimum Gasteiger partial charge on any atom is -0.290 e. The summed E-state index contributed by atoms with van der Waals surface area (Å²) in [4.78, 5) is 22.5. The zero-order chi connectivity index (χ0) is 8.88. The lowest BCUT2D eigenvalue weighted by Crippen LogP contribution is -2.17. The molecule has 62 valence electrons. The molecule has 2 rings (SSSR count). The molecule has 2 heteroatoms. The molecule has 0 aromatic carbocycles. The van der Waals surface area contributed by atoms with Gasteiger partial charge in [0.15, 0.2) is 0 Å². The van der Waals surface area contributed by atoms with Crippen molar-refractivity contribution in [1.82, 2.24) is 0 Å². The maximum atomic E-state index is 11.2. The number of ketones is 2. The third kappa shape index (κ3) is 0.697. The molecule has 0 heterocycles. The van der Waals surface area contributed by atoms with Gasteiger partial charge in [-0.25, -0.2) is 0 Å². The molecule has 0 aromatic heterocycles. The fraction of sp³-hybridized carbons (Fsp3) is 0.400. The van der Waals surface area contributed by atoms with E-state index in [1.807, 2.05) is 26.0 Å². The van der Waals surface area contributed by atoms with E-state index in [-0.39, 0.29) is 23.4 Å². The highest BCUT2D eigenvalue weighted by Crippen LogP contribution is 2.40. The summed E-state index contributed by atoms with van der Waals surface area (Å²) in [5.41, 5.74) is 2.12. The van der Waals surface area contributed by atoms with Crippen LogP contribution in [-0.2, 0) is 9.59 Å². The summed E-state index contributed by atoms with van der Waals surface area (Å²) in [6, 6.07) is 0. The van der Waals surface area contributed by atoms with Crippen LogP contribution < -0.4 is 0 Å². The van der Waals surface area contributed by atoms with Gasteiger partial charge in [-0.3, -0.25) is 9.59 Å². The van der Waals surface area contributed by atoms with Crippen LogP contribution in [0.3, 0.4) is 0 Å². The minimum atomic E-state index is -0.223. The van der Waals surface area contributed by atoms with Crippen molar-refractivity contribution in [2.24, 2.45) is 11.8 Å². The smallest absolute Gasteiger partial charge is 0.210 e. The molecule has 2 atom stereocenters. The second-order valence-electron chi connectivity index (χ2n) is 3.52. The van der Waals surface area contributed by atoms with Gasteiger partial charge in [-0.2, -0.15) is 0 Å². The predicted octanol–water partition coefficient (Wildman–Crippen LogP) is 1.28. The van der Waals surface area contributed by atoms with Crippen LogP contribution in [0.2, 0.25) is 0 Å². The van der Waals surface area contributed by atoms with Gasteiger partial charge in [-0.1, -0.05) is 17.7 Å². The van der Waals surface area contributed by atoms with Crippen molar-refractivity contribution < 1.29 is 9.59 Å². The van der Waals surface area contributed by atoms with Gasteiger partial charge >= 0.3 is 0 Å². The van der Waals surface area contributed by atoms with Gasteiger partial charge in [0, 0.05) is 0 Å². The van der Waals surface area contributed by atoms with Gasteiger partial charge in [-0.15, -0.1) is 0 Å². The number of carbonyl (C=O) groups excluding carboxylic acids is 2. The standard InChI is InChI=1S/C10H10O2/c1-5(2)8-6-3-4-7(8)10(12)9(6)11/h3-4,6-7H,1-2H3/t6-,7-/m1/s1. The molecule has 2 bridgehead atoms. The number of Topliss-reactive ketones (excluding diaryl/α,β-unsaturated/α-hetero) is 2. The lowest BCUT2D eigenvalue weighted by atomic mass is 10.00. The maximum Gasteiger partial charge on any atom is 0.210 e. The van der Waals surface area contributed by atoms with Gasteiger partial charge in [0.25, 0.3) is 0 Å². The number of hydrogen-bond donors (Lipinski definition) is 0. The van der Waals surface area contributed by atoms with Crippen molar-refractivity contribution in [3.63, 3.8) is 0 Å². The summed E-state index contributed by atoms with van der Waals surface area (Å²) in [7, 11) is 0. The predicted molar refractivity (Wildman–Crippen MR) is 44.5 cm³/mol. The summed E-state index contributed by atoms with van der Waals surface area (Å²) in [5.74, 6) is -0.877. The van der Waals surface area contributed by atoms with Gasteiger partial charge in [0.05, 0.1) is 11.8 Å². The Morgan fingerprint density at radius 1 is 1.08 bits per heavy atom. The minimum absolute atomic E-state index is 0.215. The second-order valence-corrected chi connectivity index (χ2v) is 3.52. The van der Waals surface area contributed by atoms with Crippen LogP contribution in [0.5, 0.6) is 0 Å². The normalized spacial score (nSPS) is 32.0. The summed E-state index contributed by atoms with van der Waals surface area (Å²) in [6.07, 6.45) is 3.69. The molecular formula is C10H10O2. The average molecular weight is 162 g/mol. The molecule has 2 nitrogen and oxygen atoms in total. The van der Waals surface area contributed by atoms with Crippen molar-refractivity contribution in [2.45, 2.75) is 13.8 Å². The molecular weight excluding hydrogens is 152 g/mol. The van der Waals surface area contributed by atoms with E-state index < -0.39 is 0 Å². The number of rotatable bonds is 0. The summed E-state index contributed by atoms with van der Waals surface area (Å²) in [5, 5.41) is 0. The summed E-state index contributed by atoms with van der Waals surface area (Å²) < 4.78 is 0. The molecule has 1 saturated carbocycles. The molecule has 0 spiro atoms. The quantitative estimate of drug-likeness (QED) is 0.397. The van der Waals surface area contributed by atoms with Crippen molar-refractivity contribution in [3.8, 4) is 0 Å². The van der Waals surface area contributed by atoms with Crippen LogP contribution in [0.25, 0.3) is 0 Å². The lowest BCUT2D eigenvalue weighted by Gasteiger charge is -2.02. The second kappa shape index (κ2) is 2.16. The first-order valence-electron chi connectivity index (χ1n) is 4.06. The highest BCUT2D eigenvalue weighted by Gasteiger charge is 2.46. The highest BCUT2D eigenvalue weighted by atomic mass is 16.2. The lowest BCUT2D eigenvalue weighted by molar-refractivity contribution is -0.136. The third-order valence-electron chi connectivity index (χ3n) is 2.55. The van der Waals surface area contributed by atoms with E-state index in [4.69, 9.17) is 0 Å². The molecule has 0 radical (unpaired) electrons. The number of fused-ring (bicyclic) bond motifs is 2. The summed E-state index contributed by atoms with van der Waals surface area (Å²) in [6.45, 7) is 3.91. The van der Waals surface area contributed by atoms with E-state index in [0.29, 0.717) is 0 Å². The Kier molecular flexibility index (Phi) is 1.34. The van der Waals surface area contributed by atoms with E-state index in [2.05, 4.69) is 0 Å². The van der Waals surface area contributed by atoms with Gasteiger partial charge in [-0.05, 0) is 19.4 Å². The first-order valence-corrected chi connectivity index (χ1v) is 4.06. The summed E-state index contributed by atoms with van der Waals surface area (Å²) >= 11 is 0. The Morgan fingerprint density at radius 2 is 1.50 bits per heavy atom. The van der Waals surface area contributed by atoms with Crippen LogP contribution in [0.15, 0.2) is 23.3 Å². The van der Waals surface area contributed by atoms with Crippen molar-refractivity contribution >= 4 is 11.6 Å².